The van der Waals surface area contributed by atoms with E-state index in [4.69, 9.17) is 16.5 Å². The van der Waals surface area contributed by atoms with Gasteiger partial charge in [-0.15, -0.1) is 0 Å². The van der Waals surface area contributed by atoms with E-state index in [2.05, 4.69) is 150 Å². The van der Waals surface area contributed by atoms with Crippen molar-refractivity contribution in [2.24, 2.45) is 0 Å². The van der Waals surface area contributed by atoms with Gasteiger partial charge in [0.25, 0.3) is 0 Å². The number of aromatic nitrogens is 2. The first kappa shape index (κ1) is 32.9. The molecule has 1 aromatic heterocycles. The third-order valence-corrected chi connectivity index (χ3v) is 10.7. The summed E-state index contributed by atoms with van der Waals surface area (Å²) in [5, 5.41) is 7.49. The molecule has 0 fully saturated rings. The number of fused-ring (bicyclic) bond motifs is 4. The molecule has 0 amide bonds. The Morgan fingerprint density at radius 1 is 0.339 bits per heavy atom. The van der Waals surface area contributed by atoms with Gasteiger partial charge in [0.05, 0.1) is 18.0 Å². The molecule has 0 aliphatic rings. The van der Waals surface area contributed by atoms with Crippen molar-refractivity contribution in [3.8, 4) is 67.3 Å². The van der Waals surface area contributed by atoms with Gasteiger partial charge in [0, 0.05) is 16.7 Å². The van der Waals surface area contributed by atoms with Crippen molar-refractivity contribution in [2.45, 2.75) is 0 Å². The van der Waals surface area contributed by atoms with Crippen molar-refractivity contribution in [1.29, 1.82) is 0 Å². The van der Waals surface area contributed by atoms with Crippen LogP contribution >= 0.6 is 0 Å². The Balaban J connectivity index is 1.11. The zero-order valence-corrected chi connectivity index (χ0v) is 30.4. The van der Waals surface area contributed by atoms with E-state index < -0.39 is 0 Å². The zero-order valence-electron chi connectivity index (χ0n) is 30.4. The monoisotopic (exact) mass is 711 g/mol. The van der Waals surface area contributed by atoms with Crippen LogP contribution in [-0.2, 0) is 0 Å². The van der Waals surface area contributed by atoms with Crippen molar-refractivity contribution < 1.29 is 0 Å². The first-order valence-electron chi connectivity index (χ1n) is 18.8. The van der Waals surface area contributed by atoms with E-state index in [1.807, 2.05) is 54.6 Å². The second-order valence-corrected chi connectivity index (χ2v) is 14.0. The van der Waals surface area contributed by atoms with E-state index in [-0.39, 0.29) is 0 Å². The predicted molar refractivity (Wildman–Crippen MR) is 233 cm³/mol. The molecular weight excluding hydrogens is 679 g/mol. The van der Waals surface area contributed by atoms with E-state index in [1.165, 1.54) is 43.4 Å². The van der Waals surface area contributed by atoms with Gasteiger partial charge in [-0.2, -0.15) is 0 Å². The third-order valence-electron chi connectivity index (χ3n) is 10.7. The minimum absolute atomic E-state index is 0.617. The summed E-state index contributed by atoms with van der Waals surface area (Å²) in [6, 6.07) is 70.2. The Morgan fingerprint density at radius 3 is 1.73 bits per heavy atom. The summed E-state index contributed by atoms with van der Waals surface area (Å²) in [5.74, 6) is 0.666. The minimum atomic E-state index is 0.617. The van der Waals surface area contributed by atoms with E-state index in [0.717, 1.165) is 50.3 Å². The molecule has 9 aromatic carbocycles. The molecule has 10 rings (SSSR count). The van der Waals surface area contributed by atoms with Crippen molar-refractivity contribution in [2.75, 3.05) is 0 Å². The summed E-state index contributed by atoms with van der Waals surface area (Å²) in [4.78, 5) is 13.9. The highest BCUT2D eigenvalue weighted by atomic mass is 14.9. The SMILES string of the molecule is [C-]#[N+]c1ccc(-c2ccccc2-c2cc(-c3cccc(-c4cccc(-c5c6ccccc6cc6c5ccc5ccccc56)c4)c3)nc(-c3ccccc3)n2)cc1. The summed E-state index contributed by atoms with van der Waals surface area (Å²) in [6.07, 6.45) is 0. The topological polar surface area (TPSA) is 30.1 Å². The number of hydrogen-bond donors (Lipinski definition) is 0. The van der Waals surface area contributed by atoms with Crippen molar-refractivity contribution in [3.63, 3.8) is 0 Å². The average Bonchev–Trinajstić information content (AvgIpc) is 3.28. The largest absolute Gasteiger partial charge is 0.238 e. The summed E-state index contributed by atoms with van der Waals surface area (Å²) >= 11 is 0. The molecular formula is C53H33N3. The van der Waals surface area contributed by atoms with Crippen molar-refractivity contribution in [1.82, 2.24) is 9.97 Å². The van der Waals surface area contributed by atoms with Crippen LogP contribution in [-0.4, -0.2) is 9.97 Å². The van der Waals surface area contributed by atoms with Crippen LogP contribution in [0.5, 0.6) is 0 Å². The Morgan fingerprint density at radius 2 is 0.946 bits per heavy atom. The van der Waals surface area contributed by atoms with E-state index in [9.17, 15) is 0 Å². The van der Waals surface area contributed by atoms with Gasteiger partial charge >= 0.3 is 0 Å². The maximum atomic E-state index is 7.42. The predicted octanol–water partition coefficient (Wildman–Crippen LogP) is 14.5. The molecule has 3 nitrogen and oxygen atoms in total. The fraction of sp³-hybridized carbons (Fsp3) is 0. The van der Waals surface area contributed by atoms with E-state index in [1.54, 1.807) is 0 Å². The molecule has 3 heteroatoms. The number of rotatable bonds is 6. The quantitative estimate of drug-likeness (QED) is 0.0976. The number of hydrogen-bond acceptors (Lipinski definition) is 2. The molecule has 260 valence electrons. The molecule has 10 aromatic rings. The van der Waals surface area contributed by atoms with Gasteiger partial charge in [0.2, 0.25) is 0 Å². The lowest BCUT2D eigenvalue weighted by Gasteiger charge is -2.15. The molecule has 0 aliphatic carbocycles. The van der Waals surface area contributed by atoms with Crippen molar-refractivity contribution in [3.05, 3.63) is 212 Å². The van der Waals surface area contributed by atoms with Crippen LogP contribution in [0.2, 0.25) is 0 Å². The molecule has 0 spiro atoms. The highest BCUT2D eigenvalue weighted by Gasteiger charge is 2.16. The molecule has 0 saturated heterocycles. The maximum absolute atomic E-state index is 7.42. The van der Waals surface area contributed by atoms with Gasteiger partial charge in [-0.1, -0.05) is 176 Å². The molecule has 0 atom stereocenters. The van der Waals surface area contributed by atoms with E-state index >= 15 is 0 Å². The molecule has 0 bridgehead atoms. The Hall–Kier alpha value is -7.67. The molecule has 0 saturated carbocycles. The van der Waals surface area contributed by atoms with Crippen LogP contribution in [0.3, 0.4) is 0 Å². The second kappa shape index (κ2) is 14.0. The van der Waals surface area contributed by atoms with Crippen LogP contribution in [0.15, 0.2) is 200 Å². The first-order chi connectivity index (χ1) is 27.7. The van der Waals surface area contributed by atoms with E-state index in [0.29, 0.717) is 11.5 Å². The van der Waals surface area contributed by atoms with Gasteiger partial charge < -0.3 is 0 Å². The average molecular weight is 712 g/mol. The lowest BCUT2D eigenvalue weighted by atomic mass is 9.88. The van der Waals surface area contributed by atoms with Gasteiger partial charge in [-0.3, -0.25) is 0 Å². The van der Waals surface area contributed by atoms with Gasteiger partial charge in [-0.25, -0.2) is 14.8 Å². The van der Waals surface area contributed by atoms with Crippen LogP contribution in [0.1, 0.15) is 0 Å². The van der Waals surface area contributed by atoms with Gasteiger partial charge in [-0.05, 0) is 90.0 Å². The number of benzene rings is 9. The lowest BCUT2D eigenvalue weighted by Crippen LogP contribution is -1.97. The standard InChI is InChI=1S/C53H33N3/c1-54-43-28-25-36(26-29-43)44-21-9-10-24-47(44)51-34-50(55-53(56-51)37-14-3-2-4-15-37)41-19-11-17-38(31-41)39-18-12-20-42(32-39)52-46-23-8-6-16-40(46)33-49-45-22-7-5-13-35(45)27-30-48(49)52/h2-34H. The zero-order chi connectivity index (χ0) is 37.4. The molecule has 0 radical (unpaired) electrons. The molecule has 1 heterocycles. The van der Waals surface area contributed by atoms with Gasteiger partial charge in [0.1, 0.15) is 0 Å². The molecule has 0 N–H and O–H groups in total. The summed E-state index contributed by atoms with van der Waals surface area (Å²) in [6.45, 7) is 7.42. The highest BCUT2D eigenvalue weighted by molar-refractivity contribution is 6.20. The van der Waals surface area contributed by atoms with Gasteiger partial charge in [0.15, 0.2) is 11.5 Å². The smallest absolute Gasteiger partial charge is 0.187 e. The normalized spacial score (nSPS) is 11.2. The highest BCUT2D eigenvalue weighted by Crippen LogP contribution is 2.41. The fourth-order valence-corrected chi connectivity index (χ4v) is 7.97. The summed E-state index contributed by atoms with van der Waals surface area (Å²) in [5.41, 5.74) is 12.0. The first-order valence-corrected chi connectivity index (χ1v) is 18.8. The maximum Gasteiger partial charge on any atom is 0.187 e. The minimum Gasteiger partial charge on any atom is -0.238 e. The Labute approximate surface area is 325 Å². The van der Waals surface area contributed by atoms with Crippen LogP contribution in [0.25, 0.3) is 104 Å². The van der Waals surface area contributed by atoms with Crippen molar-refractivity contribution >= 4 is 38.0 Å². The molecule has 0 aliphatic heterocycles. The molecule has 56 heavy (non-hydrogen) atoms. The number of nitrogens with zero attached hydrogens (tertiary/aromatic N) is 3. The van der Waals surface area contributed by atoms with Crippen LogP contribution < -0.4 is 0 Å². The summed E-state index contributed by atoms with van der Waals surface area (Å²) < 4.78 is 0. The van der Waals surface area contributed by atoms with Crippen LogP contribution in [0.4, 0.5) is 5.69 Å². The summed E-state index contributed by atoms with van der Waals surface area (Å²) in [7, 11) is 0. The lowest BCUT2D eigenvalue weighted by molar-refractivity contribution is 1.18. The second-order valence-electron chi connectivity index (χ2n) is 14.0. The Bertz CT molecular complexity index is 3140. The Kier molecular flexibility index (Phi) is 8.21. The fourth-order valence-electron chi connectivity index (χ4n) is 7.97. The molecule has 0 unspecified atom stereocenters. The third kappa shape index (κ3) is 5.97. The van der Waals surface area contributed by atoms with Crippen LogP contribution in [0, 0.1) is 6.57 Å².